The number of halogens is 2. The lowest BCUT2D eigenvalue weighted by Gasteiger charge is -2.22. The Morgan fingerprint density at radius 3 is 2.65 bits per heavy atom. The molecule has 0 bridgehead atoms. The zero-order valence-corrected chi connectivity index (χ0v) is 12.8. The van der Waals surface area contributed by atoms with E-state index in [-0.39, 0.29) is 16.8 Å². The predicted octanol–water partition coefficient (Wildman–Crippen LogP) is 3.01. The van der Waals surface area contributed by atoms with E-state index >= 15 is 0 Å². The number of nitrogens with two attached hydrogens (primary N) is 1. The molecule has 0 aromatic heterocycles. The largest absolute Gasteiger partial charge is 0.399 e. The second-order valence-corrected chi connectivity index (χ2v) is 7.28. The van der Waals surface area contributed by atoms with Crippen molar-refractivity contribution < 1.29 is 12.8 Å². The minimum absolute atomic E-state index is 0.0221. The molecule has 7 heteroatoms. The van der Waals surface area contributed by atoms with Crippen LogP contribution in [-0.2, 0) is 10.0 Å². The van der Waals surface area contributed by atoms with Gasteiger partial charge in [-0.15, -0.1) is 0 Å². The van der Waals surface area contributed by atoms with Gasteiger partial charge in [0.1, 0.15) is 4.90 Å². The molecule has 0 amide bonds. The third kappa shape index (κ3) is 3.07. The molecule has 4 nitrogen and oxygen atoms in total. The molecule has 1 aromatic carbocycles. The van der Waals surface area contributed by atoms with Gasteiger partial charge in [0, 0.05) is 18.3 Å². The summed E-state index contributed by atoms with van der Waals surface area (Å²) in [5.74, 6) is -0.928. The summed E-state index contributed by atoms with van der Waals surface area (Å²) < 4.78 is 40.7. The van der Waals surface area contributed by atoms with E-state index in [0.29, 0.717) is 6.54 Å². The van der Waals surface area contributed by atoms with Crippen molar-refractivity contribution in [3.8, 4) is 0 Å². The van der Waals surface area contributed by atoms with E-state index in [1.807, 2.05) is 6.92 Å². The van der Waals surface area contributed by atoms with Crippen molar-refractivity contribution >= 4 is 27.3 Å². The molecule has 0 atom stereocenters. The molecular weight excluding hydrogens is 303 g/mol. The zero-order chi connectivity index (χ0) is 14.9. The van der Waals surface area contributed by atoms with Crippen LogP contribution in [-0.4, -0.2) is 25.3 Å². The first-order valence-corrected chi connectivity index (χ1v) is 8.46. The molecular formula is C13H18ClFN2O2S. The van der Waals surface area contributed by atoms with E-state index < -0.39 is 20.7 Å². The van der Waals surface area contributed by atoms with Crippen LogP contribution in [0.4, 0.5) is 10.1 Å². The highest BCUT2D eigenvalue weighted by atomic mass is 35.5. The van der Waals surface area contributed by atoms with E-state index in [9.17, 15) is 12.8 Å². The van der Waals surface area contributed by atoms with Crippen LogP contribution in [0.2, 0.25) is 5.02 Å². The van der Waals surface area contributed by atoms with E-state index in [2.05, 4.69) is 0 Å². The number of hydrogen-bond acceptors (Lipinski definition) is 3. The smallest absolute Gasteiger partial charge is 0.246 e. The van der Waals surface area contributed by atoms with Crippen molar-refractivity contribution in [3.63, 3.8) is 0 Å². The number of nitrogen functional groups attached to an aromatic ring is 1. The van der Waals surface area contributed by atoms with Crippen LogP contribution in [0.25, 0.3) is 0 Å². The summed E-state index contributed by atoms with van der Waals surface area (Å²) in [6.45, 7) is 2.38. The molecule has 0 radical (unpaired) electrons. The maximum absolute atomic E-state index is 14.1. The van der Waals surface area contributed by atoms with Crippen molar-refractivity contribution in [1.82, 2.24) is 4.31 Å². The van der Waals surface area contributed by atoms with Crippen molar-refractivity contribution in [3.05, 3.63) is 23.0 Å². The fourth-order valence-corrected chi connectivity index (χ4v) is 4.20. The van der Waals surface area contributed by atoms with Crippen molar-refractivity contribution in [2.75, 3.05) is 12.3 Å². The molecule has 2 rings (SSSR count). The lowest BCUT2D eigenvalue weighted by molar-refractivity contribution is 0.393. The Balaban J connectivity index is 2.42. The Kier molecular flexibility index (Phi) is 4.56. The van der Waals surface area contributed by atoms with Crippen LogP contribution in [0, 0.1) is 5.82 Å². The SMILES string of the molecule is CCCCN(C1CC1)S(=O)(=O)c1cc(N)cc(Cl)c1F. The highest BCUT2D eigenvalue weighted by Crippen LogP contribution is 2.35. The van der Waals surface area contributed by atoms with Crippen LogP contribution in [0.3, 0.4) is 0 Å². The van der Waals surface area contributed by atoms with Gasteiger partial charge in [0.15, 0.2) is 5.82 Å². The fraction of sp³-hybridized carbons (Fsp3) is 0.538. The van der Waals surface area contributed by atoms with Crippen molar-refractivity contribution in [2.24, 2.45) is 0 Å². The normalized spacial score (nSPS) is 15.8. The molecule has 1 fully saturated rings. The fourth-order valence-electron chi connectivity index (χ4n) is 2.07. The number of sulfonamides is 1. The van der Waals surface area contributed by atoms with Gasteiger partial charge in [0.05, 0.1) is 5.02 Å². The van der Waals surface area contributed by atoms with Gasteiger partial charge < -0.3 is 5.73 Å². The summed E-state index contributed by atoms with van der Waals surface area (Å²) in [4.78, 5) is -0.425. The molecule has 1 aromatic rings. The van der Waals surface area contributed by atoms with Gasteiger partial charge >= 0.3 is 0 Å². The average molecular weight is 321 g/mol. The van der Waals surface area contributed by atoms with Gasteiger partial charge in [-0.2, -0.15) is 4.31 Å². The monoisotopic (exact) mass is 320 g/mol. The number of unbranched alkanes of at least 4 members (excludes halogenated alkanes) is 1. The first kappa shape index (κ1) is 15.5. The molecule has 1 aliphatic carbocycles. The molecule has 112 valence electrons. The van der Waals surface area contributed by atoms with Crippen LogP contribution >= 0.6 is 11.6 Å². The molecule has 0 saturated heterocycles. The molecule has 1 saturated carbocycles. The topological polar surface area (TPSA) is 63.4 Å². The zero-order valence-electron chi connectivity index (χ0n) is 11.3. The summed E-state index contributed by atoms with van der Waals surface area (Å²) in [7, 11) is -3.89. The van der Waals surface area contributed by atoms with E-state index in [1.165, 1.54) is 10.4 Å². The first-order valence-electron chi connectivity index (χ1n) is 6.64. The summed E-state index contributed by atoms with van der Waals surface area (Å²) >= 11 is 5.69. The standard InChI is InChI=1S/C13H18ClFN2O2S/c1-2-3-6-17(10-4-5-10)20(18,19)12-8-9(16)7-11(14)13(12)15/h7-8,10H,2-6,16H2,1H3. The molecule has 0 unspecified atom stereocenters. The Morgan fingerprint density at radius 1 is 1.45 bits per heavy atom. The van der Waals surface area contributed by atoms with Crippen LogP contribution in [0.5, 0.6) is 0 Å². The van der Waals surface area contributed by atoms with Crippen LogP contribution < -0.4 is 5.73 Å². The van der Waals surface area contributed by atoms with Crippen LogP contribution in [0.1, 0.15) is 32.6 Å². The molecule has 1 aliphatic rings. The Hall–Kier alpha value is -0.850. The number of hydrogen-bond donors (Lipinski definition) is 1. The lowest BCUT2D eigenvalue weighted by atomic mass is 10.3. The molecule has 0 spiro atoms. The van der Waals surface area contributed by atoms with E-state index in [1.54, 1.807) is 0 Å². The number of rotatable bonds is 6. The van der Waals surface area contributed by atoms with Crippen molar-refractivity contribution in [1.29, 1.82) is 0 Å². The second kappa shape index (κ2) is 5.87. The van der Waals surface area contributed by atoms with Gasteiger partial charge in [-0.25, -0.2) is 12.8 Å². The molecule has 2 N–H and O–H groups in total. The molecule has 0 aliphatic heterocycles. The van der Waals surface area contributed by atoms with Crippen LogP contribution in [0.15, 0.2) is 17.0 Å². The predicted molar refractivity (Wildman–Crippen MR) is 77.6 cm³/mol. The maximum Gasteiger partial charge on any atom is 0.246 e. The minimum Gasteiger partial charge on any atom is -0.399 e. The molecule has 0 heterocycles. The maximum atomic E-state index is 14.1. The lowest BCUT2D eigenvalue weighted by Crippen LogP contribution is -2.34. The first-order chi connectivity index (χ1) is 9.37. The third-order valence-corrected chi connectivity index (χ3v) is 5.52. The Labute approximate surface area is 123 Å². The van der Waals surface area contributed by atoms with Gasteiger partial charge in [-0.1, -0.05) is 24.9 Å². The summed E-state index contributed by atoms with van der Waals surface area (Å²) in [5, 5.41) is -0.269. The number of nitrogens with zero attached hydrogens (tertiary/aromatic N) is 1. The highest BCUT2D eigenvalue weighted by Gasteiger charge is 2.39. The summed E-state index contributed by atoms with van der Waals surface area (Å²) in [5.41, 5.74) is 5.72. The Morgan fingerprint density at radius 2 is 2.10 bits per heavy atom. The number of anilines is 1. The van der Waals surface area contributed by atoms with Gasteiger partial charge in [-0.3, -0.25) is 0 Å². The quantitative estimate of drug-likeness (QED) is 0.819. The highest BCUT2D eigenvalue weighted by molar-refractivity contribution is 7.89. The van der Waals surface area contributed by atoms with Gasteiger partial charge in [0.25, 0.3) is 0 Å². The van der Waals surface area contributed by atoms with Crippen molar-refractivity contribution in [2.45, 2.75) is 43.5 Å². The summed E-state index contributed by atoms with van der Waals surface area (Å²) in [6, 6.07) is 2.33. The number of benzene rings is 1. The average Bonchev–Trinajstić information content (AvgIpc) is 3.18. The Bertz CT molecular complexity index is 603. The second-order valence-electron chi connectivity index (χ2n) is 5.02. The minimum atomic E-state index is -3.89. The van der Waals surface area contributed by atoms with E-state index in [4.69, 9.17) is 17.3 Å². The molecule has 20 heavy (non-hydrogen) atoms. The third-order valence-electron chi connectivity index (χ3n) is 3.29. The van der Waals surface area contributed by atoms with E-state index in [0.717, 1.165) is 31.7 Å². The van der Waals surface area contributed by atoms with Gasteiger partial charge in [-0.05, 0) is 31.4 Å². The van der Waals surface area contributed by atoms with Gasteiger partial charge in [0.2, 0.25) is 10.0 Å². The summed E-state index contributed by atoms with van der Waals surface area (Å²) in [6.07, 6.45) is 3.26.